The molecular weight excluding hydrogens is 603 g/mol. The van der Waals surface area contributed by atoms with Crippen molar-refractivity contribution < 1.29 is 0 Å². The van der Waals surface area contributed by atoms with Gasteiger partial charge in [-0.2, -0.15) is 0 Å². The summed E-state index contributed by atoms with van der Waals surface area (Å²) in [7, 11) is 0. The fraction of sp³-hybridized carbons (Fsp3) is 0.388. The third-order valence-electron chi connectivity index (χ3n) is 11.7. The SMILES string of the molecule is CC(C)(C)c1ccc(N(c2cccc(-c3cccc(C4CCCCCCCCCCC4)c3)c2)c2ccc3c(c2)C(C)(C)c2ccccc2-3)cc1. The van der Waals surface area contributed by atoms with Gasteiger partial charge >= 0.3 is 0 Å². The zero-order valence-electron chi connectivity index (χ0n) is 31.3. The van der Waals surface area contributed by atoms with Crippen molar-refractivity contribution in [1.82, 2.24) is 0 Å². The monoisotopic (exact) mass is 659 g/mol. The molecular formula is C49H57N. The molecule has 1 heteroatoms. The molecule has 0 unspecified atom stereocenters. The maximum atomic E-state index is 2.51. The molecule has 0 bridgehead atoms. The van der Waals surface area contributed by atoms with Gasteiger partial charge in [-0.1, -0.05) is 171 Å². The molecule has 5 aromatic rings. The van der Waals surface area contributed by atoms with Crippen LogP contribution in [0.25, 0.3) is 22.3 Å². The summed E-state index contributed by atoms with van der Waals surface area (Å²) in [6, 6.07) is 44.1. The van der Waals surface area contributed by atoms with Crippen LogP contribution in [-0.4, -0.2) is 0 Å². The Hall–Kier alpha value is -4.10. The van der Waals surface area contributed by atoms with Crippen molar-refractivity contribution in [2.75, 3.05) is 4.90 Å². The Morgan fingerprint density at radius 2 is 1.06 bits per heavy atom. The zero-order valence-corrected chi connectivity index (χ0v) is 31.3. The van der Waals surface area contributed by atoms with Gasteiger partial charge in [0, 0.05) is 22.5 Å². The van der Waals surface area contributed by atoms with Crippen LogP contribution in [0.15, 0.2) is 115 Å². The largest absolute Gasteiger partial charge is 0.310 e. The first kappa shape index (κ1) is 34.4. The van der Waals surface area contributed by atoms with E-state index in [1.807, 2.05) is 0 Å². The van der Waals surface area contributed by atoms with Crippen molar-refractivity contribution in [3.63, 3.8) is 0 Å². The third-order valence-corrected chi connectivity index (χ3v) is 11.7. The van der Waals surface area contributed by atoms with Crippen LogP contribution in [0.5, 0.6) is 0 Å². The second-order valence-corrected chi connectivity index (χ2v) is 16.7. The predicted octanol–water partition coefficient (Wildman–Crippen LogP) is 14.8. The second kappa shape index (κ2) is 14.6. The Balaban J connectivity index is 1.26. The van der Waals surface area contributed by atoms with Gasteiger partial charge in [-0.3, -0.25) is 0 Å². The van der Waals surface area contributed by atoms with E-state index in [0.29, 0.717) is 5.92 Å². The molecule has 0 spiro atoms. The second-order valence-electron chi connectivity index (χ2n) is 16.7. The van der Waals surface area contributed by atoms with Crippen LogP contribution in [0.3, 0.4) is 0 Å². The maximum Gasteiger partial charge on any atom is 0.0467 e. The molecule has 1 saturated carbocycles. The average molecular weight is 660 g/mol. The first-order valence-electron chi connectivity index (χ1n) is 19.6. The van der Waals surface area contributed by atoms with E-state index in [-0.39, 0.29) is 10.8 Å². The van der Waals surface area contributed by atoms with E-state index in [1.54, 1.807) is 0 Å². The summed E-state index contributed by atoms with van der Waals surface area (Å²) in [5, 5.41) is 0. The molecule has 0 amide bonds. The molecule has 0 aliphatic heterocycles. The topological polar surface area (TPSA) is 3.24 Å². The number of benzene rings is 5. The van der Waals surface area contributed by atoms with E-state index in [1.165, 1.54) is 132 Å². The summed E-state index contributed by atoms with van der Waals surface area (Å²) in [6.07, 6.45) is 15.2. The molecule has 0 aromatic heterocycles. The van der Waals surface area contributed by atoms with E-state index in [2.05, 4.69) is 155 Å². The normalized spacial score (nSPS) is 16.9. The smallest absolute Gasteiger partial charge is 0.0467 e. The Bertz CT molecular complexity index is 1890. The minimum absolute atomic E-state index is 0.0561. The van der Waals surface area contributed by atoms with Gasteiger partial charge in [0.25, 0.3) is 0 Å². The highest BCUT2D eigenvalue weighted by Gasteiger charge is 2.35. The number of hydrogen-bond acceptors (Lipinski definition) is 1. The van der Waals surface area contributed by atoms with Gasteiger partial charge < -0.3 is 4.90 Å². The standard InChI is InChI=1S/C49H57N/c1-48(2,3)40-27-29-41(30-28-40)50(43-31-32-45-44-25-15-16-26-46(44)49(4,5)47(45)35-43)42-24-18-23-39(34-42)38-22-17-21-37(33-38)36-19-13-11-9-7-6-8-10-12-14-20-36/h15-18,21-36H,6-14,19-20H2,1-5H3. The predicted molar refractivity (Wildman–Crippen MR) is 216 cm³/mol. The molecule has 0 N–H and O–H groups in total. The quantitative estimate of drug-likeness (QED) is 0.181. The molecule has 2 aliphatic rings. The summed E-state index contributed by atoms with van der Waals surface area (Å²) in [6.45, 7) is 11.6. The van der Waals surface area contributed by atoms with Crippen molar-refractivity contribution in [3.05, 3.63) is 138 Å². The van der Waals surface area contributed by atoms with Crippen molar-refractivity contribution in [2.24, 2.45) is 0 Å². The van der Waals surface area contributed by atoms with Crippen molar-refractivity contribution >= 4 is 17.1 Å². The van der Waals surface area contributed by atoms with Crippen molar-refractivity contribution in [3.8, 4) is 22.3 Å². The fourth-order valence-corrected chi connectivity index (χ4v) is 8.68. The Labute approximate surface area is 302 Å². The van der Waals surface area contributed by atoms with E-state index in [4.69, 9.17) is 0 Å². The van der Waals surface area contributed by atoms with Crippen LogP contribution < -0.4 is 4.90 Å². The van der Waals surface area contributed by atoms with Crippen LogP contribution in [0.2, 0.25) is 0 Å². The Kier molecular flexibility index (Phi) is 10.1. The van der Waals surface area contributed by atoms with E-state index in [9.17, 15) is 0 Å². The van der Waals surface area contributed by atoms with Gasteiger partial charge in [-0.25, -0.2) is 0 Å². The molecule has 1 fully saturated rings. The number of anilines is 3. The van der Waals surface area contributed by atoms with E-state index >= 15 is 0 Å². The number of nitrogens with zero attached hydrogens (tertiary/aromatic N) is 1. The van der Waals surface area contributed by atoms with Gasteiger partial charge in [0.15, 0.2) is 0 Å². The van der Waals surface area contributed by atoms with Crippen molar-refractivity contribution in [1.29, 1.82) is 0 Å². The molecule has 50 heavy (non-hydrogen) atoms. The van der Waals surface area contributed by atoms with Crippen LogP contribution in [0.4, 0.5) is 17.1 Å². The van der Waals surface area contributed by atoms with E-state index in [0.717, 1.165) is 0 Å². The van der Waals surface area contributed by atoms with Crippen LogP contribution in [0.1, 0.15) is 133 Å². The molecule has 0 heterocycles. The highest BCUT2D eigenvalue weighted by molar-refractivity contribution is 5.86. The first-order chi connectivity index (χ1) is 24.2. The first-order valence-corrected chi connectivity index (χ1v) is 19.6. The maximum absolute atomic E-state index is 2.51. The van der Waals surface area contributed by atoms with Gasteiger partial charge in [0.05, 0.1) is 0 Å². The average Bonchev–Trinajstić information content (AvgIpc) is 3.34. The summed E-state index contributed by atoms with van der Waals surface area (Å²) in [5.74, 6) is 0.661. The lowest BCUT2D eigenvalue weighted by Gasteiger charge is -2.29. The fourth-order valence-electron chi connectivity index (χ4n) is 8.68. The summed E-state index contributed by atoms with van der Waals surface area (Å²) < 4.78 is 0. The number of hydrogen-bond donors (Lipinski definition) is 0. The highest BCUT2D eigenvalue weighted by atomic mass is 15.1. The highest BCUT2D eigenvalue weighted by Crippen LogP contribution is 2.50. The van der Waals surface area contributed by atoms with Gasteiger partial charge in [0.1, 0.15) is 0 Å². The Morgan fingerprint density at radius 1 is 0.500 bits per heavy atom. The minimum atomic E-state index is -0.0561. The molecule has 1 nitrogen and oxygen atoms in total. The number of fused-ring (bicyclic) bond motifs is 3. The molecule has 0 radical (unpaired) electrons. The minimum Gasteiger partial charge on any atom is -0.310 e. The molecule has 0 saturated heterocycles. The Morgan fingerprint density at radius 3 is 1.74 bits per heavy atom. The summed E-state index contributed by atoms with van der Waals surface area (Å²) in [4.78, 5) is 2.46. The van der Waals surface area contributed by atoms with Gasteiger partial charge in [0.2, 0.25) is 0 Å². The van der Waals surface area contributed by atoms with Crippen LogP contribution in [-0.2, 0) is 10.8 Å². The third kappa shape index (κ3) is 7.20. The lowest BCUT2D eigenvalue weighted by Crippen LogP contribution is -2.17. The molecule has 7 rings (SSSR count). The van der Waals surface area contributed by atoms with E-state index < -0.39 is 0 Å². The summed E-state index contributed by atoms with van der Waals surface area (Å²) in [5.41, 5.74) is 14.6. The van der Waals surface area contributed by atoms with Gasteiger partial charge in [-0.15, -0.1) is 0 Å². The lowest BCUT2D eigenvalue weighted by molar-refractivity contribution is 0.467. The molecule has 2 aliphatic carbocycles. The van der Waals surface area contributed by atoms with Crippen LogP contribution >= 0.6 is 0 Å². The number of rotatable bonds is 5. The summed E-state index contributed by atoms with van der Waals surface area (Å²) >= 11 is 0. The lowest BCUT2D eigenvalue weighted by atomic mass is 9.82. The molecule has 5 aromatic carbocycles. The van der Waals surface area contributed by atoms with Gasteiger partial charge in [-0.05, 0) is 105 Å². The molecule has 0 atom stereocenters. The van der Waals surface area contributed by atoms with Crippen molar-refractivity contribution in [2.45, 2.75) is 122 Å². The molecule has 258 valence electrons. The van der Waals surface area contributed by atoms with Crippen LogP contribution in [0, 0.1) is 0 Å². The zero-order chi connectivity index (χ0) is 34.7.